The summed E-state index contributed by atoms with van der Waals surface area (Å²) in [6.07, 6.45) is 3.38. The first kappa shape index (κ1) is 16.3. The van der Waals surface area contributed by atoms with Crippen molar-refractivity contribution in [1.82, 2.24) is 9.97 Å². The van der Waals surface area contributed by atoms with E-state index in [2.05, 4.69) is 51.4 Å². The molecule has 0 bridgehead atoms. The molecule has 2 fully saturated rings. The van der Waals surface area contributed by atoms with Crippen LogP contribution >= 0.6 is 0 Å². The van der Waals surface area contributed by atoms with Gasteiger partial charge in [0.2, 0.25) is 0 Å². The van der Waals surface area contributed by atoms with E-state index < -0.39 is 0 Å². The lowest BCUT2D eigenvalue weighted by atomic mass is 10.0. The summed E-state index contributed by atoms with van der Waals surface area (Å²) < 4.78 is 11.6. The first-order valence-corrected chi connectivity index (χ1v) is 8.91. The van der Waals surface area contributed by atoms with Gasteiger partial charge in [-0.3, -0.25) is 0 Å². The number of anilines is 2. The van der Waals surface area contributed by atoms with Gasteiger partial charge in [-0.1, -0.05) is 30.3 Å². The third-order valence-corrected chi connectivity index (χ3v) is 4.98. The molecule has 2 aliphatic heterocycles. The number of aromatic nitrogens is 2. The number of ether oxygens (including phenoxy) is 2. The van der Waals surface area contributed by atoms with Crippen LogP contribution in [0.1, 0.15) is 31.4 Å². The molecule has 6 heteroatoms. The van der Waals surface area contributed by atoms with Crippen LogP contribution in [0.25, 0.3) is 0 Å². The Labute approximate surface area is 148 Å². The van der Waals surface area contributed by atoms with Gasteiger partial charge in [0.25, 0.3) is 0 Å². The molecule has 4 rings (SSSR count). The molecular weight excluding hydrogens is 316 g/mol. The van der Waals surface area contributed by atoms with Gasteiger partial charge in [-0.05, 0) is 12.5 Å². The SMILES string of the molecule is CC(Nc1cc(N2CCC3(CC2)OCCO3)ncn1)c1ccccc1. The van der Waals surface area contributed by atoms with Crippen LogP contribution in [0, 0.1) is 0 Å². The van der Waals surface area contributed by atoms with E-state index in [0.29, 0.717) is 13.2 Å². The third kappa shape index (κ3) is 3.60. The van der Waals surface area contributed by atoms with Gasteiger partial charge in [-0.15, -0.1) is 0 Å². The van der Waals surface area contributed by atoms with E-state index in [1.165, 1.54) is 5.56 Å². The van der Waals surface area contributed by atoms with Gasteiger partial charge in [0, 0.05) is 38.0 Å². The van der Waals surface area contributed by atoms with E-state index >= 15 is 0 Å². The molecule has 1 N–H and O–H groups in total. The Kier molecular flexibility index (Phi) is 4.55. The summed E-state index contributed by atoms with van der Waals surface area (Å²) >= 11 is 0. The van der Waals surface area contributed by atoms with Crippen molar-refractivity contribution in [3.8, 4) is 0 Å². The summed E-state index contributed by atoms with van der Waals surface area (Å²) in [7, 11) is 0. The van der Waals surface area contributed by atoms with Crippen LogP contribution in [0.4, 0.5) is 11.6 Å². The lowest BCUT2D eigenvalue weighted by molar-refractivity contribution is -0.169. The van der Waals surface area contributed by atoms with E-state index in [0.717, 1.165) is 37.6 Å². The van der Waals surface area contributed by atoms with Gasteiger partial charge in [0.1, 0.15) is 18.0 Å². The molecule has 0 saturated carbocycles. The smallest absolute Gasteiger partial charge is 0.171 e. The van der Waals surface area contributed by atoms with Crippen molar-refractivity contribution in [3.05, 3.63) is 48.3 Å². The van der Waals surface area contributed by atoms with Crippen LogP contribution in [0.3, 0.4) is 0 Å². The molecule has 0 amide bonds. The highest BCUT2D eigenvalue weighted by Gasteiger charge is 2.40. The molecule has 132 valence electrons. The Balaban J connectivity index is 1.41. The first-order chi connectivity index (χ1) is 12.2. The van der Waals surface area contributed by atoms with Crippen molar-refractivity contribution < 1.29 is 9.47 Å². The van der Waals surface area contributed by atoms with Crippen LogP contribution in [-0.4, -0.2) is 42.1 Å². The number of piperidine rings is 1. The second-order valence-electron chi connectivity index (χ2n) is 6.63. The fraction of sp³-hybridized carbons (Fsp3) is 0.474. The Hall–Kier alpha value is -2.18. The van der Waals surface area contributed by atoms with Crippen molar-refractivity contribution in [2.45, 2.75) is 31.6 Å². The van der Waals surface area contributed by atoms with Crippen molar-refractivity contribution in [2.75, 3.05) is 36.5 Å². The zero-order chi connectivity index (χ0) is 17.1. The molecule has 25 heavy (non-hydrogen) atoms. The summed E-state index contributed by atoms with van der Waals surface area (Å²) in [5, 5.41) is 3.46. The number of nitrogens with zero attached hydrogens (tertiary/aromatic N) is 3. The second-order valence-corrected chi connectivity index (χ2v) is 6.63. The predicted octanol–water partition coefficient (Wildman–Crippen LogP) is 2.99. The molecule has 3 heterocycles. The van der Waals surface area contributed by atoms with Crippen molar-refractivity contribution in [2.24, 2.45) is 0 Å². The predicted molar refractivity (Wildman–Crippen MR) is 96.6 cm³/mol. The third-order valence-electron chi connectivity index (χ3n) is 4.98. The Morgan fingerprint density at radius 3 is 2.52 bits per heavy atom. The Bertz CT molecular complexity index is 694. The Morgan fingerprint density at radius 1 is 1.08 bits per heavy atom. The van der Waals surface area contributed by atoms with Crippen LogP contribution in [0.2, 0.25) is 0 Å². The molecular formula is C19H24N4O2. The average molecular weight is 340 g/mol. The highest BCUT2D eigenvalue weighted by molar-refractivity contribution is 5.49. The van der Waals surface area contributed by atoms with Crippen LogP contribution in [0.15, 0.2) is 42.7 Å². The molecule has 0 radical (unpaired) electrons. The number of nitrogens with one attached hydrogen (secondary N) is 1. The lowest BCUT2D eigenvalue weighted by Gasteiger charge is -2.38. The topological polar surface area (TPSA) is 59.5 Å². The largest absolute Gasteiger partial charge is 0.363 e. The molecule has 2 aliphatic rings. The van der Waals surface area contributed by atoms with Gasteiger partial charge in [0.05, 0.1) is 13.2 Å². The van der Waals surface area contributed by atoms with Crippen molar-refractivity contribution >= 4 is 11.6 Å². The Morgan fingerprint density at radius 2 is 1.80 bits per heavy atom. The molecule has 1 spiro atoms. The molecule has 0 aliphatic carbocycles. The number of benzene rings is 1. The summed E-state index contributed by atoms with van der Waals surface area (Å²) in [4.78, 5) is 11.1. The van der Waals surface area contributed by atoms with Gasteiger partial charge in [-0.2, -0.15) is 0 Å². The number of rotatable bonds is 4. The summed E-state index contributed by atoms with van der Waals surface area (Å²) in [5.74, 6) is 1.44. The van der Waals surface area contributed by atoms with Crippen LogP contribution in [-0.2, 0) is 9.47 Å². The van der Waals surface area contributed by atoms with E-state index in [-0.39, 0.29) is 11.8 Å². The quantitative estimate of drug-likeness (QED) is 0.923. The summed E-state index contributed by atoms with van der Waals surface area (Å²) in [6, 6.07) is 12.6. The normalized spacial score (nSPS) is 20.6. The van der Waals surface area contributed by atoms with Gasteiger partial charge < -0.3 is 19.7 Å². The molecule has 6 nitrogen and oxygen atoms in total. The molecule has 1 unspecified atom stereocenters. The molecule has 1 aromatic carbocycles. The maximum Gasteiger partial charge on any atom is 0.171 e. The van der Waals surface area contributed by atoms with E-state index in [1.807, 2.05) is 12.1 Å². The van der Waals surface area contributed by atoms with E-state index in [9.17, 15) is 0 Å². The molecule has 2 aromatic rings. The highest BCUT2D eigenvalue weighted by Crippen LogP contribution is 2.33. The first-order valence-electron chi connectivity index (χ1n) is 8.91. The molecule has 1 atom stereocenters. The van der Waals surface area contributed by atoms with Crippen LogP contribution in [0.5, 0.6) is 0 Å². The molecule has 1 aromatic heterocycles. The maximum atomic E-state index is 5.80. The fourth-order valence-electron chi connectivity index (χ4n) is 3.51. The zero-order valence-electron chi connectivity index (χ0n) is 14.5. The number of hydrogen-bond donors (Lipinski definition) is 1. The van der Waals surface area contributed by atoms with E-state index in [1.54, 1.807) is 6.33 Å². The van der Waals surface area contributed by atoms with E-state index in [4.69, 9.17) is 9.47 Å². The summed E-state index contributed by atoms with van der Waals surface area (Å²) in [6.45, 7) is 5.31. The minimum atomic E-state index is -0.355. The zero-order valence-corrected chi connectivity index (χ0v) is 14.5. The molecule has 2 saturated heterocycles. The minimum Gasteiger partial charge on any atom is -0.363 e. The fourth-order valence-corrected chi connectivity index (χ4v) is 3.51. The summed E-state index contributed by atoms with van der Waals surface area (Å²) in [5.41, 5.74) is 1.23. The maximum absolute atomic E-state index is 5.80. The minimum absolute atomic E-state index is 0.189. The van der Waals surface area contributed by atoms with Crippen molar-refractivity contribution in [3.63, 3.8) is 0 Å². The lowest BCUT2D eigenvalue weighted by Crippen LogP contribution is -2.45. The van der Waals surface area contributed by atoms with Gasteiger partial charge in [0.15, 0.2) is 5.79 Å². The number of hydrogen-bond acceptors (Lipinski definition) is 6. The van der Waals surface area contributed by atoms with Gasteiger partial charge >= 0.3 is 0 Å². The standard InChI is InChI=1S/C19H24N4O2/c1-15(16-5-3-2-4-6-16)22-17-13-18(21-14-20-17)23-9-7-19(8-10-23)24-11-12-25-19/h2-6,13-15H,7-12H2,1H3,(H,20,21,22). The second kappa shape index (κ2) is 6.98. The average Bonchev–Trinajstić information content (AvgIpc) is 3.11. The monoisotopic (exact) mass is 340 g/mol. The highest BCUT2D eigenvalue weighted by atomic mass is 16.7. The van der Waals surface area contributed by atoms with Gasteiger partial charge in [-0.25, -0.2) is 9.97 Å². The van der Waals surface area contributed by atoms with Crippen molar-refractivity contribution in [1.29, 1.82) is 0 Å². The van der Waals surface area contributed by atoms with Crippen LogP contribution < -0.4 is 10.2 Å².